The quantitative estimate of drug-likeness (QED) is 0.613. The van der Waals surface area contributed by atoms with Gasteiger partial charge in [-0.3, -0.25) is 14.5 Å². The number of amides is 2. The first kappa shape index (κ1) is 22.3. The van der Waals surface area contributed by atoms with E-state index in [9.17, 15) is 14.7 Å². The molecule has 1 fully saturated rings. The number of hydrogen-bond acceptors (Lipinski definition) is 4. The van der Waals surface area contributed by atoms with Gasteiger partial charge in [0.15, 0.2) is 5.60 Å². The second kappa shape index (κ2) is 8.18. The van der Waals surface area contributed by atoms with Gasteiger partial charge in [0, 0.05) is 37.8 Å². The van der Waals surface area contributed by atoms with Crippen LogP contribution in [0.1, 0.15) is 42.5 Å². The lowest BCUT2D eigenvalue weighted by molar-refractivity contribution is -0.150. The van der Waals surface area contributed by atoms with Crippen molar-refractivity contribution in [3.05, 3.63) is 77.4 Å². The van der Waals surface area contributed by atoms with Gasteiger partial charge in [0.2, 0.25) is 5.91 Å². The molecule has 2 heterocycles. The van der Waals surface area contributed by atoms with Gasteiger partial charge >= 0.3 is 0 Å². The number of para-hydroxylation sites is 1. The van der Waals surface area contributed by atoms with Gasteiger partial charge in [0.1, 0.15) is 0 Å². The first-order valence-corrected chi connectivity index (χ1v) is 12.6. The van der Waals surface area contributed by atoms with E-state index in [1.54, 1.807) is 17.9 Å². The summed E-state index contributed by atoms with van der Waals surface area (Å²) >= 11 is 0. The number of piperidine rings is 1. The zero-order chi connectivity index (χ0) is 24.3. The summed E-state index contributed by atoms with van der Waals surface area (Å²) in [6, 6.07) is 20.9. The summed E-state index contributed by atoms with van der Waals surface area (Å²) in [7, 11) is 1.53. The Balaban J connectivity index is 1.25. The fourth-order valence-electron chi connectivity index (χ4n) is 6.60. The Morgan fingerprint density at radius 2 is 1.77 bits per heavy atom. The number of hydrogen-bond donors (Lipinski definition) is 2. The first-order valence-electron chi connectivity index (χ1n) is 12.6. The van der Waals surface area contributed by atoms with Gasteiger partial charge in [-0.25, -0.2) is 0 Å². The average molecular weight is 470 g/mol. The summed E-state index contributed by atoms with van der Waals surface area (Å²) < 4.78 is 0. The number of aliphatic hydroxyl groups is 1. The number of nitrogens with one attached hydrogen (secondary N) is 1. The molecular weight excluding hydrogens is 438 g/mol. The maximum atomic E-state index is 13.7. The van der Waals surface area contributed by atoms with Crippen molar-refractivity contribution in [3.63, 3.8) is 0 Å². The van der Waals surface area contributed by atoms with Gasteiger partial charge in [-0.05, 0) is 54.2 Å². The summed E-state index contributed by atoms with van der Waals surface area (Å²) in [4.78, 5) is 30.5. The minimum Gasteiger partial charge on any atom is -0.375 e. The third-order valence-corrected chi connectivity index (χ3v) is 8.49. The highest BCUT2D eigenvalue weighted by molar-refractivity contribution is 6.09. The molecule has 6 heteroatoms. The van der Waals surface area contributed by atoms with Crippen LogP contribution in [-0.4, -0.2) is 48.0 Å². The molecular formula is C29H31N3O3. The van der Waals surface area contributed by atoms with Crippen LogP contribution in [0.25, 0.3) is 10.8 Å². The lowest BCUT2D eigenvalue weighted by Crippen LogP contribution is -2.53. The van der Waals surface area contributed by atoms with E-state index in [-0.39, 0.29) is 17.9 Å². The second-order valence-corrected chi connectivity index (χ2v) is 10.1. The van der Waals surface area contributed by atoms with E-state index in [4.69, 9.17) is 0 Å². The highest BCUT2D eigenvalue weighted by Crippen LogP contribution is 2.47. The van der Waals surface area contributed by atoms with Gasteiger partial charge in [-0.1, -0.05) is 54.6 Å². The average Bonchev–Trinajstić information content (AvgIpc) is 3.38. The molecule has 180 valence electrons. The Morgan fingerprint density at radius 1 is 1.06 bits per heavy atom. The molecule has 6 nitrogen and oxygen atoms in total. The predicted octanol–water partition coefficient (Wildman–Crippen LogP) is 3.52. The first-order chi connectivity index (χ1) is 16.9. The number of anilines is 1. The monoisotopic (exact) mass is 469 g/mol. The van der Waals surface area contributed by atoms with Crippen molar-refractivity contribution in [1.82, 2.24) is 10.2 Å². The fourth-order valence-corrected chi connectivity index (χ4v) is 6.60. The molecule has 35 heavy (non-hydrogen) atoms. The largest absolute Gasteiger partial charge is 0.375 e. The molecule has 3 aromatic rings. The van der Waals surface area contributed by atoms with Crippen LogP contribution in [0.3, 0.4) is 0 Å². The number of nitrogens with zero attached hydrogens (tertiary/aromatic N) is 2. The molecule has 0 aromatic heterocycles. The van der Waals surface area contributed by atoms with Crippen LogP contribution in [0.5, 0.6) is 0 Å². The SMILES string of the molecule is CNC(=O)C(C)C1(O)C(=O)N(C2CCN(C3Cc4cccc5cccc3c45)CC2)c2ccccc21. The van der Waals surface area contributed by atoms with Crippen LogP contribution in [0.4, 0.5) is 5.69 Å². The van der Waals surface area contributed by atoms with E-state index < -0.39 is 11.5 Å². The summed E-state index contributed by atoms with van der Waals surface area (Å²) in [6.45, 7) is 3.39. The summed E-state index contributed by atoms with van der Waals surface area (Å²) in [5, 5.41) is 16.9. The number of carbonyl (C=O) groups excluding carboxylic acids is 2. The van der Waals surface area contributed by atoms with Crippen LogP contribution in [0.2, 0.25) is 0 Å². The highest BCUT2D eigenvalue weighted by Gasteiger charge is 2.56. The van der Waals surface area contributed by atoms with E-state index in [1.165, 1.54) is 28.9 Å². The molecule has 0 radical (unpaired) electrons. The van der Waals surface area contributed by atoms with Crippen LogP contribution in [-0.2, 0) is 21.6 Å². The number of benzene rings is 3. The van der Waals surface area contributed by atoms with Crippen LogP contribution < -0.4 is 10.2 Å². The minimum atomic E-state index is -1.85. The number of carbonyl (C=O) groups is 2. The molecule has 1 aliphatic carbocycles. The summed E-state index contributed by atoms with van der Waals surface area (Å²) in [6.07, 6.45) is 2.68. The van der Waals surface area contributed by atoms with E-state index in [2.05, 4.69) is 46.6 Å². The molecule has 0 spiro atoms. The normalized spacial score (nSPS) is 25.2. The van der Waals surface area contributed by atoms with Crippen LogP contribution >= 0.6 is 0 Å². The Hall–Kier alpha value is -3.22. The Labute approximate surface area is 205 Å². The van der Waals surface area contributed by atoms with E-state index in [0.29, 0.717) is 11.6 Å². The van der Waals surface area contributed by atoms with E-state index in [0.717, 1.165) is 38.0 Å². The fraction of sp³-hybridized carbons (Fsp3) is 0.379. The van der Waals surface area contributed by atoms with Crippen molar-refractivity contribution in [3.8, 4) is 0 Å². The minimum absolute atomic E-state index is 0.00890. The van der Waals surface area contributed by atoms with E-state index >= 15 is 0 Å². The highest BCUT2D eigenvalue weighted by atomic mass is 16.3. The zero-order valence-electron chi connectivity index (χ0n) is 20.2. The molecule has 6 rings (SSSR count). The third kappa shape index (κ3) is 3.16. The summed E-state index contributed by atoms with van der Waals surface area (Å²) in [5.41, 5.74) is 2.24. The molecule has 2 amide bonds. The molecule has 2 N–H and O–H groups in total. The Morgan fingerprint density at radius 3 is 2.51 bits per heavy atom. The molecule has 3 unspecified atom stereocenters. The number of rotatable bonds is 4. The van der Waals surface area contributed by atoms with Crippen LogP contribution in [0.15, 0.2) is 60.7 Å². The maximum Gasteiger partial charge on any atom is 0.264 e. The molecule has 0 bridgehead atoms. The molecule has 3 atom stereocenters. The maximum absolute atomic E-state index is 13.7. The van der Waals surface area contributed by atoms with Crippen molar-refractivity contribution < 1.29 is 14.7 Å². The standard InChI is InChI=1S/C29H31N3O3/c1-18(27(33)30-2)29(35)23-11-3-4-12-24(23)32(28(29)34)21-13-15-31(16-14-21)25-17-20-9-5-7-19-8-6-10-22(25)26(19)20/h3-12,18,21,25,35H,13-17H2,1-2H3,(H,30,33). The van der Waals surface area contributed by atoms with Gasteiger partial charge in [-0.15, -0.1) is 0 Å². The van der Waals surface area contributed by atoms with Crippen molar-refractivity contribution in [1.29, 1.82) is 0 Å². The van der Waals surface area contributed by atoms with Gasteiger partial charge < -0.3 is 15.3 Å². The topological polar surface area (TPSA) is 72.9 Å². The zero-order valence-corrected chi connectivity index (χ0v) is 20.2. The van der Waals surface area contributed by atoms with Crippen molar-refractivity contribution in [2.75, 3.05) is 25.0 Å². The molecule has 3 aliphatic rings. The number of fused-ring (bicyclic) bond motifs is 1. The van der Waals surface area contributed by atoms with Gasteiger partial charge in [0.05, 0.1) is 11.6 Å². The molecule has 3 aromatic carbocycles. The van der Waals surface area contributed by atoms with E-state index in [1.807, 2.05) is 18.2 Å². The molecule has 2 aliphatic heterocycles. The van der Waals surface area contributed by atoms with Crippen molar-refractivity contribution >= 4 is 28.3 Å². The second-order valence-electron chi connectivity index (χ2n) is 10.1. The summed E-state index contributed by atoms with van der Waals surface area (Å²) in [5.74, 6) is -1.61. The van der Waals surface area contributed by atoms with Crippen molar-refractivity contribution in [2.24, 2.45) is 5.92 Å². The molecule has 0 saturated carbocycles. The van der Waals surface area contributed by atoms with Gasteiger partial charge in [0.25, 0.3) is 5.91 Å². The van der Waals surface area contributed by atoms with Crippen molar-refractivity contribution in [2.45, 2.75) is 43.9 Å². The van der Waals surface area contributed by atoms with Crippen LogP contribution in [0, 0.1) is 5.92 Å². The Kier molecular flexibility index (Phi) is 5.20. The Bertz CT molecular complexity index is 1320. The lowest BCUT2D eigenvalue weighted by atomic mass is 9.82. The lowest BCUT2D eigenvalue weighted by Gasteiger charge is -2.40. The van der Waals surface area contributed by atoms with Gasteiger partial charge in [-0.2, -0.15) is 0 Å². The predicted molar refractivity (Wildman–Crippen MR) is 136 cm³/mol. The number of likely N-dealkylation sites (tertiary alicyclic amines) is 1. The smallest absolute Gasteiger partial charge is 0.264 e. The third-order valence-electron chi connectivity index (χ3n) is 8.49. The molecule has 1 saturated heterocycles.